The van der Waals surface area contributed by atoms with Gasteiger partial charge in [-0.1, -0.05) is 22.9 Å². The molecule has 0 spiro atoms. The van der Waals surface area contributed by atoms with Crippen LogP contribution in [0, 0.1) is 0 Å². The topological polar surface area (TPSA) is 63.0 Å². The summed E-state index contributed by atoms with van der Waals surface area (Å²) in [5.41, 5.74) is 2.72. The molecule has 7 nitrogen and oxygen atoms in total. The van der Waals surface area contributed by atoms with Crippen molar-refractivity contribution in [2.75, 3.05) is 36.0 Å². The maximum absolute atomic E-state index is 6.10. The molecule has 124 valence electrons. The second-order valence-electron chi connectivity index (χ2n) is 5.73. The summed E-state index contributed by atoms with van der Waals surface area (Å²) in [4.78, 5) is 13.4. The van der Waals surface area contributed by atoms with Gasteiger partial charge in [-0.3, -0.25) is 0 Å². The van der Waals surface area contributed by atoms with E-state index in [0.717, 1.165) is 60.4 Å². The first-order chi connectivity index (χ1) is 11.8. The number of rotatable bonds is 3. The van der Waals surface area contributed by atoms with Gasteiger partial charge in [0.25, 0.3) is 0 Å². The number of anilines is 2. The third-order valence-electron chi connectivity index (χ3n) is 4.33. The van der Waals surface area contributed by atoms with Gasteiger partial charge >= 0.3 is 0 Å². The largest absolute Gasteiger partial charge is 0.368 e. The van der Waals surface area contributed by atoms with Crippen molar-refractivity contribution in [1.82, 2.24) is 25.0 Å². The lowest BCUT2D eigenvalue weighted by atomic mass is 10.2. The Balaban J connectivity index is 1.55. The number of aryl methyl sites for hydroxylation is 1. The summed E-state index contributed by atoms with van der Waals surface area (Å²) in [6, 6.07) is 7.99. The second kappa shape index (κ2) is 6.24. The quantitative estimate of drug-likeness (QED) is 0.726. The summed E-state index contributed by atoms with van der Waals surface area (Å²) >= 11 is 6.10. The minimum Gasteiger partial charge on any atom is -0.368 e. The minimum absolute atomic E-state index is 0.746. The Labute approximate surface area is 144 Å². The molecule has 1 aliphatic heterocycles. The molecule has 0 saturated carbocycles. The molecule has 3 aromatic rings. The Hall–Kier alpha value is -2.41. The van der Waals surface area contributed by atoms with E-state index in [9.17, 15) is 0 Å². The summed E-state index contributed by atoms with van der Waals surface area (Å²) in [6.07, 6.45) is 1.59. The van der Waals surface area contributed by atoms with Crippen LogP contribution in [0.3, 0.4) is 0 Å². The number of aromatic nitrogens is 5. The van der Waals surface area contributed by atoms with Gasteiger partial charge in [0.15, 0.2) is 17.0 Å². The molecule has 1 fully saturated rings. The third kappa shape index (κ3) is 2.65. The SMILES string of the molecule is CCn1nnc2c(N3CCN(c4cccc(Cl)c4)CC3)ncnc21. The maximum atomic E-state index is 6.10. The van der Waals surface area contributed by atoms with Crippen LogP contribution in [0.4, 0.5) is 11.5 Å². The third-order valence-corrected chi connectivity index (χ3v) is 4.57. The molecule has 4 rings (SSSR count). The maximum Gasteiger partial charge on any atom is 0.183 e. The van der Waals surface area contributed by atoms with E-state index in [-0.39, 0.29) is 0 Å². The number of hydrogen-bond donors (Lipinski definition) is 0. The molecule has 0 aliphatic carbocycles. The number of halogens is 1. The highest BCUT2D eigenvalue weighted by atomic mass is 35.5. The summed E-state index contributed by atoms with van der Waals surface area (Å²) in [5, 5.41) is 9.19. The average molecular weight is 344 g/mol. The number of fused-ring (bicyclic) bond motifs is 1. The molecule has 0 amide bonds. The van der Waals surface area contributed by atoms with Crippen molar-refractivity contribution in [2.24, 2.45) is 0 Å². The molecule has 1 aromatic carbocycles. The normalized spacial score (nSPS) is 15.2. The fraction of sp³-hybridized carbons (Fsp3) is 0.375. The Kier molecular flexibility index (Phi) is 3.93. The molecule has 0 N–H and O–H groups in total. The lowest BCUT2D eigenvalue weighted by Crippen LogP contribution is -2.47. The van der Waals surface area contributed by atoms with Crippen LogP contribution >= 0.6 is 11.6 Å². The van der Waals surface area contributed by atoms with E-state index in [1.165, 1.54) is 0 Å². The van der Waals surface area contributed by atoms with E-state index in [1.54, 1.807) is 11.0 Å². The van der Waals surface area contributed by atoms with Crippen LogP contribution in [0.15, 0.2) is 30.6 Å². The molecule has 2 aromatic heterocycles. The predicted molar refractivity (Wildman–Crippen MR) is 94.7 cm³/mol. The van der Waals surface area contributed by atoms with Gasteiger partial charge in [-0.05, 0) is 25.1 Å². The van der Waals surface area contributed by atoms with Gasteiger partial charge in [0.05, 0.1) is 0 Å². The van der Waals surface area contributed by atoms with E-state index in [0.29, 0.717) is 0 Å². The Bertz CT molecular complexity index is 855. The van der Waals surface area contributed by atoms with E-state index < -0.39 is 0 Å². The lowest BCUT2D eigenvalue weighted by Gasteiger charge is -2.36. The molecular formula is C16H18ClN7. The Morgan fingerprint density at radius 2 is 1.88 bits per heavy atom. The van der Waals surface area contributed by atoms with Crippen LogP contribution in [-0.4, -0.2) is 51.1 Å². The first kappa shape index (κ1) is 15.1. The fourth-order valence-electron chi connectivity index (χ4n) is 3.07. The zero-order valence-electron chi connectivity index (χ0n) is 13.4. The highest BCUT2D eigenvalue weighted by molar-refractivity contribution is 6.30. The van der Waals surface area contributed by atoms with Crippen LogP contribution in [-0.2, 0) is 6.54 Å². The summed E-state index contributed by atoms with van der Waals surface area (Å²) in [6.45, 7) is 6.34. The summed E-state index contributed by atoms with van der Waals surface area (Å²) < 4.78 is 1.79. The van der Waals surface area contributed by atoms with Gasteiger partial charge in [0, 0.05) is 43.4 Å². The number of piperazine rings is 1. The Morgan fingerprint density at radius 1 is 1.08 bits per heavy atom. The summed E-state index contributed by atoms with van der Waals surface area (Å²) in [5.74, 6) is 0.866. The van der Waals surface area contributed by atoms with Crippen LogP contribution in [0.1, 0.15) is 6.92 Å². The van der Waals surface area contributed by atoms with Gasteiger partial charge in [-0.15, -0.1) is 5.10 Å². The second-order valence-corrected chi connectivity index (χ2v) is 6.17. The molecule has 1 aliphatic rings. The molecule has 1 saturated heterocycles. The zero-order valence-corrected chi connectivity index (χ0v) is 14.2. The van der Waals surface area contributed by atoms with Gasteiger partial charge in [-0.25, -0.2) is 14.6 Å². The minimum atomic E-state index is 0.746. The number of benzene rings is 1. The fourth-order valence-corrected chi connectivity index (χ4v) is 3.26. The van der Waals surface area contributed by atoms with Crippen molar-refractivity contribution >= 4 is 34.3 Å². The first-order valence-corrected chi connectivity index (χ1v) is 8.43. The standard InChI is InChI=1S/C16H18ClN7/c1-2-24-16-14(20-21-24)15(18-11-19-16)23-8-6-22(7-9-23)13-5-3-4-12(17)10-13/h3-5,10-11H,2,6-9H2,1H3. The van der Waals surface area contributed by atoms with Crippen molar-refractivity contribution < 1.29 is 0 Å². The molecule has 3 heterocycles. The van der Waals surface area contributed by atoms with Crippen LogP contribution in [0.5, 0.6) is 0 Å². The molecule has 0 unspecified atom stereocenters. The molecule has 0 bridgehead atoms. The van der Waals surface area contributed by atoms with Crippen molar-refractivity contribution in [3.8, 4) is 0 Å². The molecular weight excluding hydrogens is 326 g/mol. The lowest BCUT2D eigenvalue weighted by molar-refractivity contribution is 0.641. The van der Waals surface area contributed by atoms with Gasteiger partial charge < -0.3 is 9.80 Å². The smallest absolute Gasteiger partial charge is 0.183 e. The van der Waals surface area contributed by atoms with Crippen LogP contribution in [0.25, 0.3) is 11.2 Å². The average Bonchev–Trinajstić information content (AvgIpc) is 3.05. The van der Waals surface area contributed by atoms with E-state index in [2.05, 4.69) is 36.1 Å². The Morgan fingerprint density at radius 3 is 2.62 bits per heavy atom. The van der Waals surface area contributed by atoms with Gasteiger partial charge in [-0.2, -0.15) is 0 Å². The van der Waals surface area contributed by atoms with Crippen LogP contribution in [0.2, 0.25) is 5.02 Å². The van der Waals surface area contributed by atoms with E-state index in [1.807, 2.05) is 25.1 Å². The van der Waals surface area contributed by atoms with Crippen LogP contribution < -0.4 is 9.80 Å². The number of nitrogens with zero attached hydrogens (tertiary/aromatic N) is 7. The van der Waals surface area contributed by atoms with Crippen molar-refractivity contribution in [1.29, 1.82) is 0 Å². The predicted octanol–water partition coefficient (Wildman–Crippen LogP) is 2.22. The molecule has 0 radical (unpaired) electrons. The summed E-state index contributed by atoms with van der Waals surface area (Å²) in [7, 11) is 0. The van der Waals surface area contributed by atoms with E-state index in [4.69, 9.17) is 11.6 Å². The molecule has 24 heavy (non-hydrogen) atoms. The monoisotopic (exact) mass is 343 g/mol. The van der Waals surface area contributed by atoms with Crippen molar-refractivity contribution in [2.45, 2.75) is 13.5 Å². The van der Waals surface area contributed by atoms with Crippen molar-refractivity contribution in [3.05, 3.63) is 35.6 Å². The number of hydrogen-bond acceptors (Lipinski definition) is 6. The van der Waals surface area contributed by atoms with E-state index >= 15 is 0 Å². The zero-order chi connectivity index (χ0) is 16.5. The molecule has 8 heteroatoms. The highest BCUT2D eigenvalue weighted by Gasteiger charge is 2.22. The van der Waals surface area contributed by atoms with Gasteiger partial charge in [0.2, 0.25) is 0 Å². The van der Waals surface area contributed by atoms with Crippen molar-refractivity contribution in [3.63, 3.8) is 0 Å². The van der Waals surface area contributed by atoms with Gasteiger partial charge in [0.1, 0.15) is 6.33 Å². The highest BCUT2D eigenvalue weighted by Crippen LogP contribution is 2.25. The first-order valence-electron chi connectivity index (χ1n) is 8.06. The molecule has 0 atom stereocenters.